The van der Waals surface area contributed by atoms with E-state index in [0.717, 1.165) is 17.1 Å². The number of furan rings is 1. The first kappa shape index (κ1) is 14.1. The van der Waals surface area contributed by atoms with Gasteiger partial charge in [0.25, 0.3) is 0 Å². The topological polar surface area (TPSA) is 62.5 Å². The van der Waals surface area contributed by atoms with E-state index in [9.17, 15) is 4.79 Å². The SMILES string of the molecule is CCSCC(C)NCc1cc(C(=O)O)oc1C. The number of rotatable bonds is 7. The van der Waals surface area contributed by atoms with Crippen LogP contribution in [0.5, 0.6) is 0 Å². The molecule has 5 heteroatoms. The molecule has 2 N–H and O–H groups in total. The van der Waals surface area contributed by atoms with Crippen LogP contribution in [0.1, 0.15) is 35.7 Å². The van der Waals surface area contributed by atoms with Crippen LogP contribution in [0.15, 0.2) is 10.5 Å². The molecule has 0 amide bonds. The highest BCUT2D eigenvalue weighted by Gasteiger charge is 2.13. The fraction of sp³-hybridized carbons (Fsp3) is 0.583. The summed E-state index contributed by atoms with van der Waals surface area (Å²) >= 11 is 1.89. The molecule has 0 fully saturated rings. The highest BCUT2D eigenvalue weighted by Crippen LogP contribution is 2.14. The number of hydrogen-bond donors (Lipinski definition) is 2. The first-order valence-electron chi connectivity index (χ1n) is 5.68. The average molecular weight is 257 g/mol. The van der Waals surface area contributed by atoms with Crippen molar-refractivity contribution in [2.75, 3.05) is 11.5 Å². The van der Waals surface area contributed by atoms with Crippen LogP contribution >= 0.6 is 11.8 Å². The highest BCUT2D eigenvalue weighted by atomic mass is 32.2. The Morgan fingerprint density at radius 2 is 2.35 bits per heavy atom. The Morgan fingerprint density at radius 1 is 1.65 bits per heavy atom. The molecule has 17 heavy (non-hydrogen) atoms. The Bertz CT molecular complexity index is 376. The van der Waals surface area contributed by atoms with E-state index in [1.807, 2.05) is 11.8 Å². The number of carboxylic acids is 1. The first-order valence-corrected chi connectivity index (χ1v) is 6.83. The summed E-state index contributed by atoms with van der Waals surface area (Å²) in [6.45, 7) is 6.69. The van der Waals surface area contributed by atoms with E-state index in [1.165, 1.54) is 0 Å². The van der Waals surface area contributed by atoms with Crippen molar-refractivity contribution in [3.63, 3.8) is 0 Å². The van der Waals surface area contributed by atoms with Gasteiger partial charge in [-0.05, 0) is 25.7 Å². The Hall–Kier alpha value is -0.940. The number of nitrogens with one attached hydrogen (secondary N) is 1. The van der Waals surface area contributed by atoms with Gasteiger partial charge in [-0.2, -0.15) is 11.8 Å². The molecule has 1 aromatic heterocycles. The summed E-state index contributed by atoms with van der Waals surface area (Å²) in [5, 5.41) is 12.2. The van der Waals surface area contributed by atoms with Crippen molar-refractivity contribution in [1.29, 1.82) is 0 Å². The largest absolute Gasteiger partial charge is 0.475 e. The minimum Gasteiger partial charge on any atom is -0.475 e. The summed E-state index contributed by atoms with van der Waals surface area (Å²) in [7, 11) is 0. The lowest BCUT2D eigenvalue weighted by atomic mass is 10.2. The number of aromatic carboxylic acids is 1. The van der Waals surface area contributed by atoms with Gasteiger partial charge in [-0.15, -0.1) is 0 Å². The lowest BCUT2D eigenvalue weighted by Crippen LogP contribution is -2.27. The fourth-order valence-corrected chi connectivity index (χ4v) is 2.15. The molecule has 0 aromatic carbocycles. The van der Waals surface area contributed by atoms with Crippen LogP contribution in [0.4, 0.5) is 0 Å². The molecule has 0 radical (unpaired) electrons. The smallest absolute Gasteiger partial charge is 0.371 e. The van der Waals surface area contributed by atoms with Gasteiger partial charge in [-0.25, -0.2) is 4.79 Å². The van der Waals surface area contributed by atoms with Gasteiger partial charge in [-0.3, -0.25) is 0 Å². The quantitative estimate of drug-likeness (QED) is 0.786. The third-order valence-corrected chi connectivity index (χ3v) is 3.59. The van der Waals surface area contributed by atoms with Crippen molar-refractivity contribution in [3.8, 4) is 0 Å². The second kappa shape index (κ2) is 6.71. The molecule has 1 unspecified atom stereocenters. The zero-order valence-electron chi connectivity index (χ0n) is 10.4. The first-order chi connectivity index (χ1) is 8.04. The number of thioether (sulfide) groups is 1. The predicted molar refractivity (Wildman–Crippen MR) is 69.7 cm³/mol. The molecule has 0 aliphatic heterocycles. The number of carbonyl (C=O) groups is 1. The van der Waals surface area contributed by atoms with Crippen LogP contribution in [-0.2, 0) is 6.54 Å². The van der Waals surface area contributed by atoms with E-state index < -0.39 is 5.97 Å². The normalized spacial score (nSPS) is 12.6. The molecule has 1 heterocycles. The zero-order chi connectivity index (χ0) is 12.8. The summed E-state index contributed by atoms with van der Waals surface area (Å²) in [5.41, 5.74) is 0.913. The predicted octanol–water partition coefficient (Wildman–Crippen LogP) is 2.52. The summed E-state index contributed by atoms with van der Waals surface area (Å²) < 4.78 is 5.14. The molecule has 1 rings (SSSR count). The molecule has 0 bridgehead atoms. The zero-order valence-corrected chi connectivity index (χ0v) is 11.3. The van der Waals surface area contributed by atoms with E-state index in [4.69, 9.17) is 9.52 Å². The van der Waals surface area contributed by atoms with Crippen LogP contribution in [-0.4, -0.2) is 28.6 Å². The highest BCUT2D eigenvalue weighted by molar-refractivity contribution is 7.99. The van der Waals surface area contributed by atoms with Gasteiger partial charge in [0.15, 0.2) is 0 Å². The van der Waals surface area contributed by atoms with Crippen molar-refractivity contribution < 1.29 is 14.3 Å². The standard InChI is InChI=1S/C12H19NO3S/c1-4-17-7-8(2)13-6-10-5-11(12(14)15)16-9(10)3/h5,8,13H,4,6-7H2,1-3H3,(H,14,15). The second-order valence-corrected chi connectivity index (χ2v) is 5.26. The van der Waals surface area contributed by atoms with Crippen LogP contribution < -0.4 is 5.32 Å². The van der Waals surface area contributed by atoms with E-state index in [2.05, 4.69) is 19.2 Å². The Labute approximate surface area is 106 Å². The Morgan fingerprint density at radius 3 is 2.88 bits per heavy atom. The molecule has 1 aromatic rings. The molecular formula is C12H19NO3S. The second-order valence-electron chi connectivity index (χ2n) is 3.94. The minimum absolute atomic E-state index is 0.00915. The molecule has 0 aliphatic rings. The van der Waals surface area contributed by atoms with Crippen molar-refractivity contribution in [3.05, 3.63) is 23.2 Å². The monoisotopic (exact) mass is 257 g/mol. The van der Waals surface area contributed by atoms with Crippen molar-refractivity contribution in [2.24, 2.45) is 0 Å². The molecule has 4 nitrogen and oxygen atoms in total. The lowest BCUT2D eigenvalue weighted by Gasteiger charge is -2.12. The van der Waals surface area contributed by atoms with E-state index in [1.54, 1.807) is 13.0 Å². The minimum atomic E-state index is -1.02. The molecule has 96 valence electrons. The van der Waals surface area contributed by atoms with E-state index in [-0.39, 0.29) is 5.76 Å². The maximum atomic E-state index is 10.7. The van der Waals surface area contributed by atoms with Crippen molar-refractivity contribution in [2.45, 2.75) is 33.4 Å². The third kappa shape index (κ3) is 4.44. The van der Waals surface area contributed by atoms with Crippen LogP contribution in [0.2, 0.25) is 0 Å². The molecule has 0 spiro atoms. The van der Waals surface area contributed by atoms with Gasteiger partial charge in [0, 0.05) is 23.9 Å². The van der Waals surface area contributed by atoms with Crippen LogP contribution in [0.25, 0.3) is 0 Å². The van der Waals surface area contributed by atoms with Crippen LogP contribution in [0.3, 0.4) is 0 Å². The summed E-state index contributed by atoms with van der Waals surface area (Å²) in [6, 6.07) is 1.99. The summed E-state index contributed by atoms with van der Waals surface area (Å²) in [6.07, 6.45) is 0. The van der Waals surface area contributed by atoms with Gasteiger partial charge in [0.1, 0.15) is 5.76 Å². The third-order valence-electron chi connectivity index (χ3n) is 2.44. The van der Waals surface area contributed by atoms with Gasteiger partial charge in [-0.1, -0.05) is 6.92 Å². The van der Waals surface area contributed by atoms with E-state index >= 15 is 0 Å². The molecule has 0 saturated carbocycles. The van der Waals surface area contributed by atoms with Crippen LogP contribution in [0, 0.1) is 6.92 Å². The molecular weight excluding hydrogens is 238 g/mol. The molecule has 0 aliphatic carbocycles. The van der Waals surface area contributed by atoms with Gasteiger partial charge < -0.3 is 14.8 Å². The van der Waals surface area contributed by atoms with E-state index in [0.29, 0.717) is 18.3 Å². The number of carboxylic acid groups (broad SMARTS) is 1. The van der Waals surface area contributed by atoms with Crippen molar-refractivity contribution in [1.82, 2.24) is 5.32 Å². The fourth-order valence-electron chi connectivity index (χ4n) is 1.44. The lowest BCUT2D eigenvalue weighted by molar-refractivity contribution is 0.0661. The van der Waals surface area contributed by atoms with Gasteiger partial charge >= 0.3 is 5.97 Å². The maximum absolute atomic E-state index is 10.7. The number of aryl methyl sites for hydroxylation is 1. The number of hydrogen-bond acceptors (Lipinski definition) is 4. The molecule has 0 saturated heterocycles. The van der Waals surface area contributed by atoms with Gasteiger partial charge in [0.2, 0.25) is 5.76 Å². The molecule has 1 atom stereocenters. The Kier molecular flexibility index (Phi) is 5.58. The van der Waals surface area contributed by atoms with Gasteiger partial charge in [0.05, 0.1) is 0 Å². The van der Waals surface area contributed by atoms with Crippen molar-refractivity contribution >= 4 is 17.7 Å². The maximum Gasteiger partial charge on any atom is 0.371 e. The Balaban J connectivity index is 2.48. The summed E-state index contributed by atoms with van der Waals surface area (Å²) in [5.74, 6) is 1.83. The summed E-state index contributed by atoms with van der Waals surface area (Å²) in [4.78, 5) is 10.7. The average Bonchev–Trinajstić information content (AvgIpc) is 2.65.